The van der Waals surface area contributed by atoms with Crippen molar-refractivity contribution in [3.8, 4) is 0 Å². The number of urea groups is 1. The number of hydrogen-bond donors (Lipinski definition) is 4. The van der Waals surface area contributed by atoms with Crippen LogP contribution in [-0.2, 0) is 17.6 Å². The van der Waals surface area contributed by atoms with E-state index in [1.165, 1.54) is 22.3 Å². The third-order valence-corrected chi connectivity index (χ3v) is 5.34. The van der Waals surface area contributed by atoms with Gasteiger partial charge in [-0.2, -0.15) is 0 Å². The highest BCUT2D eigenvalue weighted by molar-refractivity contribution is 7.14. The van der Waals surface area contributed by atoms with Crippen LogP contribution < -0.4 is 16.0 Å². The molecule has 8 heteroatoms. The fraction of sp³-hybridized carbons (Fsp3) is 0.136. The SMILES string of the molecule is O=C(Cc1csc(NC(=O)Nc2ccccc2)n1)NCCc1c[nH]c2ccccc12. The van der Waals surface area contributed by atoms with Crippen molar-refractivity contribution in [3.63, 3.8) is 0 Å². The first kappa shape index (κ1) is 19.7. The minimum atomic E-state index is -0.370. The van der Waals surface area contributed by atoms with E-state index in [1.54, 1.807) is 17.5 Å². The summed E-state index contributed by atoms with van der Waals surface area (Å²) in [7, 11) is 0. The topological polar surface area (TPSA) is 98.9 Å². The van der Waals surface area contributed by atoms with Gasteiger partial charge in [-0.1, -0.05) is 36.4 Å². The Morgan fingerprint density at radius 2 is 1.80 bits per heavy atom. The van der Waals surface area contributed by atoms with Crippen LogP contribution in [0.3, 0.4) is 0 Å². The van der Waals surface area contributed by atoms with Gasteiger partial charge in [0.2, 0.25) is 5.91 Å². The molecule has 4 rings (SSSR count). The van der Waals surface area contributed by atoms with Gasteiger partial charge in [-0.15, -0.1) is 11.3 Å². The van der Waals surface area contributed by atoms with Gasteiger partial charge < -0.3 is 15.6 Å². The average molecular weight is 420 g/mol. The van der Waals surface area contributed by atoms with Crippen molar-refractivity contribution >= 4 is 45.0 Å². The van der Waals surface area contributed by atoms with Crippen LogP contribution in [0.5, 0.6) is 0 Å². The molecule has 0 bridgehead atoms. The fourth-order valence-electron chi connectivity index (χ4n) is 3.13. The molecular formula is C22H21N5O2S. The molecule has 30 heavy (non-hydrogen) atoms. The van der Waals surface area contributed by atoms with Gasteiger partial charge in [0.25, 0.3) is 0 Å². The van der Waals surface area contributed by atoms with Crippen LogP contribution in [0.1, 0.15) is 11.3 Å². The second-order valence-electron chi connectivity index (χ2n) is 6.73. The van der Waals surface area contributed by atoms with Crippen molar-refractivity contribution in [3.05, 3.63) is 77.4 Å². The van der Waals surface area contributed by atoms with Crippen molar-refractivity contribution in [2.45, 2.75) is 12.8 Å². The number of H-pyrrole nitrogens is 1. The lowest BCUT2D eigenvalue weighted by Crippen LogP contribution is -2.27. The van der Waals surface area contributed by atoms with E-state index in [4.69, 9.17) is 0 Å². The molecule has 0 unspecified atom stereocenters. The number of carbonyl (C=O) groups is 2. The molecule has 2 heterocycles. The smallest absolute Gasteiger partial charge is 0.325 e. The predicted octanol–water partition coefficient (Wildman–Crippen LogP) is 4.17. The fourth-order valence-corrected chi connectivity index (χ4v) is 3.83. The van der Waals surface area contributed by atoms with Gasteiger partial charge in [-0.25, -0.2) is 9.78 Å². The number of thiazole rings is 1. The van der Waals surface area contributed by atoms with Crippen LogP contribution in [0.15, 0.2) is 66.2 Å². The van der Waals surface area contributed by atoms with Crippen LogP contribution in [0, 0.1) is 0 Å². The summed E-state index contributed by atoms with van der Waals surface area (Å²) in [6.07, 6.45) is 2.90. The summed E-state index contributed by atoms with van der Waals surface area (Å²) in [5.74, 6) is -0.0968. The number of carbonyl (C=O) groups excluding carboxylic acids is 2. The Balaban J connectivity index is 1.23. The zero-order valence-electron chi connectivity index (χ0n) is 16.1. The lowest BCUT2D eigenvalue weighted by Gasteiger charge is -2.05. The van der Waals surface area contributed by atoms with E-state index in [1.807, 2.05) is 42.6 Å². The molecule has 0 saturated heterocycles. The lowest BCUT2D eigenvalue weighted by molar-refractivity contribution is -0.120. The first-order chi connectivity index (χ1) is 14.7. The Labute approximate surface area is 177 Å². The largest absolute Gasteiger partial charge is 0.361 e. The Hall–Kier alpha value is -3.65. The summed E-state index contributed by atoms with van der Waals surface area (Å²) < 4.78 is 0. The number of rotatable bonds is 7. The van der Waals surface area contributed by atoms with Crippen LogP contribution >= 0.6 is 11.3 Å². The van der Waals surface area contributed by atoms with Crippen molar-refractivity contribution in [2.75, 3.05) is 17.2 Å². The molecular weight excluding hydrogens is 398 g/mol. The normalized spacial score (nSPS) is 10.7. The van der Waals surface area contributed by atoms with Crippen molar-refractivity contribution in [1.82, 2.24) is 15.3 Å². The number of nitrogens with one attached hydrogen (secondary N) is 4. The quantitative estimate of drug-likeness (QED) is 0.362. The summed E-state index contributed by atoms with van der Waals surface area (Å²) in [5, 5.41) is 11.7. The molecule has 0 atom stereocenters. The summed E-state index contributed by atoms with van der Waals surface area (Å²) >= 11 is 1.29. The van der Waals surface area contributed by atoms with E-state index >= 15 is 0 Å². The number of fused-ring (bicyclic) bond motifs is 1. The molecule has 152 valence electrons. The van der Waals surface area contributed by atoms with E-state index in [0.29, 0.717) is 23.1 Å². The van der Waals surface area contributed by atoms with Crippen LogP contribution in [-0.4, -0.2) is 28.5 Å². The molecule has 4 aromatic rings. The van der Waals surface area contributed by atoms with E-state index in [2.05, 4.69) is 32.0 Å². The van der Waals surface area contributed by atoms with Crippen LogP contribution in [0.4, 0.5) is 15.6 Å². The molecule has 2 aromatic heterocycles. The summed E-state index contributed by atoms with van der Waals surface area (Å²) in [5.41, 5.74) is 3.59. The Morgan fingerprint density at radius 3 is 2.67 bits per heavy atom. The average Bonchev–Trinajstić information content (AvgIpc) is 3.35. The Kier molecular flexibility index (Phi) is 6.05. The number of nitrogens with zero attached hydrogens (tertiary/aromatic N) is 1. The van der Waals surface area contributed by atoms with Gasteiger partial charge in [0.15, 0.2) is 5.13 Å². The molecule has 0 radical (unpaired) electrons. The van der Waals surface area contributed by atoms with Gasteiger partial charge in [0.05, 0.1) is 12.1 Å². The Morgan fingerprint density at radius 1 is 1.00 bits per heavy atom. The highest BCUT2D eigenvalue weighted by Crippen LogP contribution is 2.18. The number of aromatic nitrogens is 2. The van der Waals surface area contributed by atoms with Crippen LogP contribution in [0.2, 0.25) is 0 Å². The second-order valence-corrected chi connectivity index (χ2v) is 7.58. The van der Waals surface area contributed by atoms with Crippen molar-refractivity contribution < 1.29 is 9.59 Å². The minimum Gasteiger partial charge on any atom is -0.361 e. The molecule has 3 amide bonds. The first-order valence-corrected chi connectivity index (χ1v) is 10.4. The summed E-state index contributed by atoms with van der Waals surface area (Å²) in [6, 6.07) is 16.9. The zero-order valence-corrected chi connectivity index (χ0v) is 17.0. The molecule has 2 aromatic carbocycles. The Bertz CT molecular complexity index is 1150. The van der Waals surface area contributed by atoms with E-state index in [0.717, 1.165) is 11.9 Å². The maximum Gasteiger partial charge on any atom is 0.325 e. The van der Waals surface area contributed by atoms with E-state index < -0.39 is 0 Å². The molecule has 0 aliphatic heterocycles. The molecule has 0 aliphatic rings. The summed E-state index contributed by atoms with van der Waals surface area (Å²) in [6.45, 7) is 0.551. The number of hydrogen-bond acceptors (Lipinski definition) is 4. The van der Waals surface area contributed by atoms with Gasteiger partial charge in [-0.05, 0) is 30.2 Å². The molecule has 0 saturated carbocycles. The third-order valence-electron chi connectivity index (χ3n) is 4.54. The second kappa shape index (κ2) is 9.23. The third kappa shape index (κ3) is 5.03. The molecule has 0 spiro atoms. The highest BCUT2D eigenvalue weighted by atomic mass is 32.1. The zero-order chi connectivity index (χ0) is 20.8. The maximum atomic E-state index is 12.2. The molecule has 4 N–H and O–H groups in total. The maximum absolute atomic E-state index is 12.2. The number of benzene rings is 2. The van der Waals surface area contributed by atoms with Crippen LogP contribution in [0.25, 0.3) is 10.9 Å². The predicted molar refractivity (Wildman–Crippen MR) is 120 cm³/mol. The number of amides is 3. The van der Waals surface area contributed by atoms with Gasteiger partial charge >= 0.3 is 6.03 Å². The number of anilines is 2. The highest BCUT2D eigenvalue weighted by Gasteiger charge is 2.10. The molecule has 0 aliphatic carbocycles. The van der Waals surface area contributed by atoms with Gasteiger partial charge in [-0.3, -0.25) is 10.1 Å². The van der Waals surface area contributed by atoms with Crippen molar-refractivity contribution in [2.24, 2.45) is 0 Å². The lowest BCUT2D eigenvalue weighted by atomic mass is 10.1. The monoisotopic (exact) mass is 419 g/mol. The summed E-state index contributed by atoms with van der Waals surface area (Å²) in [4.78, 5) is 31.8. The molecule has 0 fully saturated rings. The minimum absolute atomic E-state index is 0.0968. The number of aromatic amines is 1. The van der Waals surface area contributed by atoms with Gasteiger partial charge in [0, 0.05) is 34.7 Å². The molecule has 7 nitrogen and oxygen atoms in total. The van der Waals surface area contributed by atoms with E-state index in [9.17, 15) is 9.59 Å². The standard InChI is InChI=1S/C22H21N5O2S/c28-20(23-11-10-15-13-24-19-9-5-4-8-18(15)19)12-17-14-30-22(26-17)27-21(29)25-16-6-2-1-3-7-16/h1-9,13-14,24H,10-12H2,(H,23,28)(H2,25,26,27,29). The number of para-hydroxylation sites is 2. The van der Waals surface area contributed by atoms with Gasteiger partial charge in [0.1, 0.15) is 0 Å². The van der Waals surface area contributed by atoms with E-state index in [-0.39, 0.29) is 18.4 Å². The van der Waals surface area contributed by atoms with Crippen molar-refractivity contribution in [1.29, 1.82) is 0 Å². The first-order valence-electron chi connectivity index (χ1n) is 9.56.